The lowest BCUT2D eigenvalue weighted by Crippen LogP contribution is -2.48. The van der Waals surface area contributed by atoms with Crippen LogP contribution in [0.1, 0.15) is 30.6 Å². The second kappa shape index (κ2) is 5.83. The molecular weight excluding hydrogens is 258 g/mol. The minimum atomic E-state index is -0.609. The molecule has 6 nitrogen and oxygen atoms in total. The molecule has 0 aliphatic carbocycles. The van der Waals surface area contributed by atoms with Crippen molar-refractivity contribution < 1.29 is 14.3 Å². The molecule has 1 heterocycles. The number of nitrogens with one attached hydrogen (secondary N) is 1. The molecule has 0 saturated carbocycles. The van der Waals surface area contributed by atoms with Crippen molar-refractivity contribution in [2.75, 3.05) is 6.61 Å². The van der Waals surface area contributed by atoms with Gasteiger partial charge in [-0.25, -0.2) is 0 Å². The van der Waals surface area contributed by atoms with Gasteiger partial charge in [0, 0.05) is 11.1 Å². The Labute approximate surface area is 116 Å². The lowest BCUT2D eigenvalue weighted by Gasteiger charge is -2.27. The zero-order valence-corrected chi connectivity index (χ0v) is 11.5. The van der Waals surface area contributed by atoms with Crippen LogP contribution in [0.5, 0.6) is 0 Å². The maximum Gasteiger partial charge on any atom is 0.251 e. The van der Waals surface area contributed by atoms with Crippen LogP contribution in [0.15, 0.2) is 35.1 Å². The first-order valence-corrected chi connectivity index (χ1v) is 6.38. The van der Waals surface area contributed by atoms with E-state index in [0.29, 0.717) is 17.9 Å². The molecule has 1 unspecified atom stereocenters. The zero-order valence-electron chi connectivity index (χ0n) is 11.5. The molecule has 1 aromatic heterocycles. The molecule has 6 heteroatoms. The largest absolute Gasteiger partial charge is 0.423 e. The molecule has 2 rings (SSSR count). The number of hydrogen-bond donors (Lipinski definition) is 2. The summed E-state index contributed by atoms with van der Waals surface area (Å²) < 4.78 is 5.08. The smallest absolute Gasteiger partial charge is 0.251 e. The monoisotopic (exact) mass is 275 g/mol. The average molecular weight is 275 g/mol. The number of aliphatic hydroxyl groups is 1. The molecule has 1 aromatic carbocycles. The van der Waals surface area contributed by atoms with Crippen LogP contribution in [0.3, 0.4) is 0 Å². The van der Waals surface area contributed by atoms with Crippen LogP contribution in [-0.4, -0.2) is 33.4 Å². The van der Waals surface area contributed by atoms with Crippen molar-refractivity contribution in [3.63, 3.8) is 0 Å². The topological polar surface area (TPSA) is 88.2 Å². The number of carbonyl (C=O) groups excluding carboxylic acids is 1. The Morgan fingerprint density at radius 3 is 2.60 bits per heavy atom. The first-order chi connectivity index (χ1) is 9.58. The molecule has 1 atom stereocenters. The quantitative estimate of drug-likeness (QED) is 0.865. The number of aliphatic hydroxyl groups excluding tert-OH is 1. The fraction of sp³-hybridized carbons (Fsp3) is 0.357. The van der Waals surface area contributed by atoms with Crippen LogP contribution in [0.2, 0.25) is 0 Å². The van der Waals surface area contributed by atoms with E-state index in [4.69, 9.17) is 4.42 Å². The van der Waals surface area contributed by atoms with Crippen molar-refractivity contribution >= 4 is 5.91 Å². The summed E-state index contributed by atoms with van der Waals surface area (Å²) in [7, 11) is 0. The second-order valence-corrected chi connectivity index (χ2v) is 4.85. The van der Waals surface area contributed by atoms with Crippen LogP contribution in [-0.2, 0) is 0 Å². The van der Waals surface area contributed by atoms with Crippen molar-refractivity contribution in [3.05, 3.63) is 36.2 Å². The van der Waals surface area contributed by atoms with E-state index in [9.17, 15) is 9.90 Å². The van der Waals surface area contributed by atoms with E-state index in [1.54, 1.807) is 31.2 Å². The van der Waals surface area contributed by atoms with E-state index >= 15 is 0 Å². The van der Waals surface area contributed by atoms with E-state index in [2.05, 4.69) is 15.5 Å². The van der Waals surface area contributed by atoms with E-state index in [1.807, 2.05) is 6.92 Å². The fourth-order valence-electron chi connectivity index (χ4n) is 1.65. The van der Waals surface area contributed by atoms with Crippen LogP contribution in [0.25, 0.3) is 11.5 Å². The number of amides is 1. The summed E-state index contributed by atoms with van der Waals surface area (Å²) in [6.45, 7) is 3.61. The molecule has 0 spiro atoms. The van der Waals surface area contributed by atoms with Crippen molar-refractivity contribution in [2.24, 2.45) is 0 Å². The lowest BCUT2D eigenvalue weighted by molar-refractivity contribution is 0.0847. The third-order valence-electron chi connectivity index (χ3n) is 3.30. The summed E-state index contributed by atoms with van der Waals surface area (Å²) in [5.41, 5.74) is 0.656. The molecule has 0 aliphatic heterocycles. The lowest BCUT2D eigenvalue weighted by atomic mass is 9.99. The number of aromatic nitrogens is 2. The van der Waals surface area contributed by atoms with Gasteiger partial charge in [0.1, 0.15) is 0 Å². The predicted octanol–water partition coefficient (Wildman–Crippen LogP) is 1.63. The number of carbonyl (C=O) groups is 1. The van der Waals surface area contributed by atoms with E-state index < -0.39 is 5.54 Å². The standard InChI is InChI=1S/C14H17N3O3/c1-3-14(2,8-18)16-12(19)10-4-6-11(7-5-10)13-17-15-9-20-13/h4-7,9,18H,3,8H2,1-2H3,(H,16,19). The predicted molar refractivity (Wildman–Crippen MR) is 73.0 cm³/mol. The van der Waals surface area contributed by atoms with E-state index in [0.717, 1.165) is 5.56 Å². The van der Waals surface area contributed by atoms with Gasteiger partial charge in [-0.2, -0.15) is 0 Å². The average Bonchev–Trinajstić information content (AvgIpc) is 3.01. The molecule has 1 amide bonds. The molecule has 0 bridgehead atoms. The summed E-state index contributed by atoms with van der Waals surface area (Å²) in [6, 6.07) is 6.85. The van der Waals surface area contributed by atoms with Crippen molar-refractivity contribution in [2.45, 2.75) is 25.8 Å². The SMILES string of the molecule is CCC(C)(CO)NC(=O)c1ccc(-c2nnco2)cc1. The van der Waals surface area contributed by atoms with Crippen molar-refractivity contribution in [3.8, 4) is 11.5 Å². The number of nitrogens with zero attached hydrogens (tertiary/aromatic N) is 2. The molecule has 0 radical (unpaired) electrons. The summed E-state index contributed by atoms with van der Waals surface area (Å²) in [5.74, 6) is 0.186. The Bertz CT molecular complexity index is 560. The Hall–Kier alpha value is -2.21. The highest BCUT2D eigenvalue weighted by Crippen LogP contribution is 2.17. The minimum Gasteiger partial charge on any atom is -0.423 e. The van der Waals surface area contributed by atoms with Gasteiger partial charge < -0.3 is 14.8 Å². The van der Waals surface area contributed by atoms with Gasteiger partial charge in [-0.15, -0.1) is 10.2 Å². The molecule has 20 heavy (non-hydrogen) atoms. The number of rotatable bonds is 5. The molecule has 0 aliphatic rings. The highest BCUT2D eigenvalue weighted by atomic mass is 16.4. The number of benzene rings is 1. The normalized spacial score (nSPS) is 13.8. The fourth-order valence-corrected chi connectivity index (χ4v) is 1.65. The van der Waals surface area contributed by atoms with Gasteiger partial charge in [0.25, 0.3) is 5.91 Å². The third-order valence-corrected chi connectivity index (χ3v) is 3.30. The van der Waals surface area contributed by atoms with Gasteiger partial charge in [0.15, 0.2) is 0 Å². The first-order valence-electron chi connectivity index (χ1n) is 6.38. The minimum absolute atomic E-state index is 0.102. The van der Waals surface area contributed by atoms with Gasteiger partial charge in [0.05, 0.1) is 12.1 Å². The van der Waals surface area contributed by atoms with Gasteiger partial charge >= 0.3 is 0 Å². The maximum absolute atomic E-state index is 12.1. The maximum atomic E-state index is 12.1. The van der Waals surface area contributed by atoms with Crippen LogP contribution in [0.4, 0.5) is 0 Å². The molecular formula is C14H17N3O3. The molecule has 0 saturated heterocycles. The number of hydrogen-bond acceptors (Lipinski definition) is 5. The highest BCUT2D eigenvalue weighted by molar-refractivity contribution is 5.95. The Kier molecular flexibility index (Phi) is 4.14. The summed E-state index contributed by atoms with van der Waals surface area (Å²) >= 11 is 0. The van der Waals surface area contributed by atoms with Gasteiger partial charge in [-0.1, -0.05) is 6.92 Å². The van der Waals surface area contributed by atoms with Crippen LogP contribution in [0, 0.1) is 0 Å². The summed E-state index contributed by atoms with van der Waals surface area (Å²) in [5, 5.41) is 19.5. The Morgan fingerprint density at radius 2 is 2.10 bits per heavy atom. The molecule has 2 aromatic rings. The van der Waals surface area contributed by atoms with E-state index in [1.165, 1.54) is 6.39 Å². The Balaban J connectivity index is 2.12. The van der Waals surface area contributed by atoms with Gasteiger partial charge in [-0.3, -0.25) is 4.79 Å². The van der Waals surface area contributed by atoms with Crippen molar-refractivity contribution in [1.82, 2.24) is 15.5 Å². The summed E-state index contributed by atoms with van der Waals surface area (Å²) in [4.78, 5) is 12.1. The third kappa shape index (κ3) is 3.03. The van der Waals surface area contributed by atoms with Crippen LogP contribution >= 0.6 is 0 Å². The van der Waals surface area contributed by atoms with Gasteiger partial charge in [-0.05, 0) is 37.6 Å². The summed E-state index contributed by atoms with van der Waals surface area (Å²) in [6.07, 6.45) is 1.90. The second-order valence-electron chi connectivity index (χ2n) is 4.85. The Morgan fingerprint density at radius 1 is 1.40 bits per heavy atom. The zero-order chi connectivity index (χ0) is 14.6. The van der Waals surface area contributed by atoms with Crippen molar-refractivity contribution in [1.29, 1.82) is 0 Å². The molecule has 2 N–H and O–H groups in total. The first kappa shape index (κ1) is 14.2. The highest BCUT2D eigenvalue weighted by Gasteiger charge is 2.23. The van der Waals surface area contributed by atoms with Gasteiger partial charge in [0.2, 0.25) is 12.3 Å². The van der Waals surface area contributed by atoms with E-state index in [-0.39, 0.29) is 12.5 Å². The molecule has 106 valence electrons. The van der Waals surface area contributed by atoms with Crippen LogP contribution < -0.4 is 5.32 Å². The molecule has 0 fully saturated rings.